The monoisotopic (exact) mass is 314 g/mol. The third-order valence-corrected chi connectivity index (χ3v) is 2.84. The largest absolute Gasteiger partial charge is 0.380 e. The average Bonchev–Trinajstić information content (AvgIpc) is 2.48. The summed E-state index contributed by atoms with van der Waals surface area (Å²) in [6.07, 6.45) is 5.40. The molecule has 0 bridgehead atoms. The number of carbonyl (C=O) groups excluding carboxylic acids is 1. The van der Waals surface area contributed by atoms with Crippen molar-refractivity contribution in [3.8, 4) is 0 Å². The standard InChI is InChI=1S/C14H14O3.CH2Cl2/c15-12(11-7-3-1-4-8-11)13(16)14(17)9-5-2-6-10-14;2-1-3/h1-9,12,15,17H,10H2;1H2. The molecule has 2 unspecified atom stereocenters. The van der Waals surface area contributed by atoms with Crippen LogP contribution < -0.4 is 0 Å². The van der Waals surface area contributed by atoms with Crippen LogP contribution >= 0.6 is 23.2 Å². The zero-order valence-electron chi connectivity index (χ0n) is 10.7. The summed E-state index contributed by atoms with van der Waals surface area (Å²) >= 11 is 9.53. The Balaban J connectivity index is 0.000000612. The number of hydrogen-bond donors (Lipinski definition) is 2. The molecule has 0 spiro atoms. The second kappa shape index (κ2) is 8.22. The Kier molecular flexibility index (Phi) is 6.96. The minimum atomic E-state index is -1.59. The molecular weight excluding hydrogens is 299 g/mol. The summed E-state index contributed by atoms with van der Waals surface area (Å²) in [6, 6.07) is 8.61. The van der Waals surface area contributed by atoms with Crippen LogP contribution in [0.15, 0.2) is 54.6 Å². The molecule has 2 atom stereocenters. The van der Waals surface area contributed by atoms with E-state index >= 15 is 0 Å². The summed E-state index contributed by atoms with van der Waals surface area (Å²) in [5.74, 6) is -0.593. The molecule has 0 amide bonds. The van der Waals surface area contributed by atoms with Crippen molar-refractivity contribution in [3.63, 3.8) is 0 Å². The molecular formula is C15H16Cl2O3. The average molecular weight is 315 g/mol. The van der Waals surface area contributed by atoms with Gasteiger partial charge in [0.2, 0.25) is 5.78 Å². The van der Waals surface area contributed by atoms with E-state index < -0.39 is 17.5 Å². The van der Waals surface area contributed by atoms with Crippen LogP contribution in [0.5, 0.6) is 0 Å². The van der Waals surface area contributed by atoms with Crippen LogP contribution in [0.4, 0.5) is 0 Å². The van der Waals surface area contributed by atoms with Crippen molar-refractivity contribution < 1.29 is 15.0 Å². The van der Waals surface area contributed by atoms with Crippen molar-refractivity contribution >= 4 is 29.0 Å². The first kappa shape index (κ1) is 16.9. The van der Waals surface area contributed by atoms with Gasteiger partial charge in [-0.1, -0.05) is 48.6 Å². The highest BCUT2D eigenvalue weighted by molar-refractivity contribution is 6.40. The minimum Gasteiger partial charge on any atom is -0.380 e. The first-order chi connectivity index (χ1) is 9.55. The summed E-state index contributed by atoms with van der Waals surface area (Å²) in [4.78, 5) is 12.0. The van der Waals surface area contributed by atoms with Gasteiger partial charge in [-0.25, -0.2) is 0 Å². The van der Waals surface area contributed by atoms with Gasteiger partial charge in [0.05, 0.1) is 5.34 Å². The molecule has 1 aromatic carbocycles. The topological polar surface area (TPSA) is 57.5 Å². The van der Waals surface area contributed by atoms with Crippen molar-refractivity contribution in [3.05, 3.63) is 60.2 Å². The molecule has 0 fully saturated rings. The Morgan fingerprint density at radius 1 is 1.25 bits per heavy atom. The molecule has 3 nitrogen and oxygen atoms in total. The van der Waals surface area contributed by atoms with Gasteiger partial charge in [-0.05, 0) is 11.6 Å². The molecule has 0 radical (unpaired) electrons. The van der Waals surface area contributed by atoms with E-state index in [1.165, 1.54) is 6.08 Å². The molecule has 0 saturated carbocycles. The molecule has 0 saturated heterocycles. The Morgan fingerprint density at radius 2 is 1.85 bits per heavy atom. The summed E-state index contributed by atoms with van der Waals surface area (Å²) in [7, 11) is 0. The van der Waals surface area contributed by atoms with Gasteiger partial charge in [0, 0.05) is 6.42 Å². The fraction of sp³-hybridized carbons (Fsp3) is 0.267. The van der Waals surface area contributed by atoms with Gasteiger partial charge in [0.25, 0.3) is 0 Å². The smallest absolute Gasteiger partial charge is 0.201 e. The van der Waals surface area contributed by atoms with Gasteiger partial charge >= 0.3 is 0 Å². The highest BCUT2D eigenvalue weighted by Crippen LogP contribution is 2.26. The molecule has 0 aliphatic heterocycles. The lowest BCUT2D eigenvalue weighted by atomic mass is 9.86. The third-order valence-electron chi connectivity index (χ3n) is 2.84. The second-order valence-corrected chi connectivity index (χ2v) is 5.00. The summed E-state index contributed by atoms with van der Waals surface area (Å²) in [6.45, 7) is 0. The van der Waals surface area contributed by atoms with E-state index in [1.807, 2.05) is 0 Å². The maximum atomic E-state index is 12.0. The van der Waals surface area contributed by atoms with Crippen LogP contribution in [0.2, 0.25) is 0 Å². The SMILES string of the molecule is ClCCl.O=C(C(O)c1ccccc1)C1(O)C=CC=CC1. The molecule has 5 heteroatoms. The van der Waals surface area contributed by atoms with Crippen molar-refractivity contribution in [1.29, 1.82) is 0 Å². The zero-order valence-corrected chi connectivity index (χ0v) is 12.3. The Morgan fingerprint density at radius 3 is 2.35 bits per heavy atom. The molecule has 0 aromatic heterocycles. The molecule has 1 aliphatic rings. The maximum Gasteiger partial charge on any atom is 0.201 e. The lowest BCUT2D eigenvalue weighted by Crippen LogP contribution is -2.40. The van der Waals surface area contributed by atoms with E-state index in [1.54, 1.807) is 48.6 Å². The molecule has 2 N–H and O–H groups in total. The number of halogens is 2. The normalized spacial score (nSPS) is 21.8. The van der Waals surface area contributed by atoms with Crippen LogP contribution in [-0.4, -0.2) is 26.9 Å². The minimum absolute atomic E-state index is 0.194. The van der Waals surface area contributed by atoms with E-state index in [-0.39, 0.29) is 11.8 Å². The fourth-order valence-electron chi connectivity index (χ4n) is 1.82. The molecule has 108 valence electrons. The van der Waals surface area contributed by atoms with E-state index in [9.17, 15) is 15.0 Å². The number of hydrogen-bond acceptors (Lipinski definition) is 3. The van der Waals surface area contributed by atoms with E-state index in [4.69, 9.17) is 23.2 Å². The number of aliphatic hydroxyl groups is 2. The van der Waals surface area contributed by atoms with Crippen molar-refractivity contribution in [2.45, 2.75) is 18.1 Å². The summed E-state index contributed by atoms with van der Waals surface area (Å²) < 4.78 is 0. The number of aliphatic hydroxyl groups excluding tert-OH is 1. The predicted molar refractivity (Wildman–Crippen MR) is 80.8 cm³/mol. The summed E-state index contributed by atoms with van der Waals surface area (Å²) in [5, 5.41) is 20.3. The van der Waals surface area contributed by atoms with E-state index in [2.05, 4.69) is 0 Å². The maximum absolute atomic E-state index is 12.0. The highest BCUT2D eigenvalue weighted by Gasteiger charge is 2.37. The number of allylic oxidation sites excluding steroid dienone is 2. The number of Topliss-reactive ketones (excluding diaryl/α,β-unsaturated/α-hetero) is 1. The van der Waals surface area contributed by atoms with Crippen LogP contribution in [0.1, 0.15) is 18.1 Å². The Hall–Kier alpha value is -1.13. The van der Waals surface area contributed by atoms with Crippen LogP contribution in [0.3, 0.4) is 0 Å². The number of carbonyl (C=O) groups is 1. The van der Waals surface area contributed by atoms with Crippen LogP contribution in [-0.2, 0) is 4.79 Å². The van der Waals surface area contributed by atoms with Crippen molar-refractivity contribution in [1.82, 2.24) is 0 Å². The highest BCUT2D eigenvalue weighted by atomic mass is 35.5. The Labute approximate surface area is 128 Å². The van der Waals surface area contributed by atoms with E-state index in [0.29, 0.717) is 5.56 Å². The molecule has 1 aromatic rings. The lowest BCUT2D eigenvalue weighted by molar-refractivity contribution is -0.141. The fourth-order valence-corrected chi connectivity index (χ4v) is 1.82. The summed E-state index contributed by atoms with van der Waals surface area (Å²) in [5.41, 5.74) is -1.10. The molecule has 20 heavy (non-hydrogen) atoms. The van der Waals surface area contributed by atoms with E-state index in [0.717, 1.165) is 0 Å². The van der Waals surface area contributed by atoms with Gasteiger partial charge in [-0.3, -0.25) is 4.79 Å². The number of ketones is 1. The van der Waals surface area contributed by atoms with Gasteiger partial charge < -0.3 is 10.2 Å². The van der Waals surface area contributed by atoms with Gasteiger partial charge in [-0.2, -0.15) is 0 Å². The van der Waals surface area contributed by atoms with Crippen LogP contribution in [0.25, 0.3) is 0 Å². The predicted octanol–water partition coefficient (Wildman–Crippen LogP) is 2.96. The number of benzene rings is 1. The molecule has 0 heterocycles. The zero-order chi connectivity index (χ0) is 15.0. The number of alkyl halides is 2. The van der Waals surface area contributed by atoms with Crippen LogP contribution in [0, 0.1) is 0 Å². The van der Waals surface area contributed by atoms with Gasteiger partial charge in [0.15, 0.2) is 0 Å². The van der Waals surface area contributed by atoms with Crippen molar-refractivity contribution in [2.75, 3.05) is 5.34 Å². The first-order valence-corrected chi connectivity index (χ1v) is 7.08. The Bertz CT molecular complexity index is 485. The molecule has 2 rings (SSSR count). The third kappa shape index (κ3) is 4.46. The first-order valence-electron chi connectivity index (χ1n) is 6.01. The quantitative estimate of drug-likeness (QED) is 0.843. The lowest BCUT2D eigenvalue weighted by Gasteiger charge is -2.26. The molecule has 1 aliphatic carbocycles. The van der Waals surface area contributed by atoms with Crippen molar-refractivity contribution in [2.24, 2.45) is 0 Å². The number of rotatable bonds is 3. The van der Waals surface area contributed by atoms with Gasteiger partial charge in [0.1, 0.15) is 11.7 Å². The second-order valence-electron chi connectivity index (χ2n) is 4.19. The van der Waals surface area contributed by atoms with Gasteiger partial charge in [-0.15, -0.1) is 23.2 Å².